The molecular weight excluding hydrogens is 275 g/mol. The molecule has 1 aromatic carbocycles. The Bertz CT molecular complexity index is 543. The second-order valence-electron chi connectivity index (χ2n) is 3.85. The van der Waals surface area contributed by atoms with Gasteiger partial charge in [-0.05, 0) is 24.3 Å². The summed E-state index contributed by atoms with van der Waals surface area (Å²) >= 11 is 0. The van der Waals surface area contributed by atoms with Crippen molar-refractivity contribution in [3.05, 3.63) is 35.4 Å². The Balaban J connectivity index is 2.83. The number of nitrogens with one attached hydrogen (secondary N) is 1. The second kappa shape index (κ2) is 6.10. The average Bonchev–Trinajstić information content (AvgIpc) is 2.37. The molecule has 1 amide bonds. The first-order chi connectivity index (χ1) is 9.25. The van der Waals surface area contributed by atoms with Crippen LogP contribution < -0.4 is 5.32 Å². The topological polar surface area (TPSA) is 66.4 Å². The molecule has 4 nitrogen and oxygen atoms in total. The zero-order chi connectivity index (χ0) is 15.3. The van der Waals surface area contributed by atoms with Crippen LogP contribution in [-0.4, -0.2) is 23.0 Å². The molecule has 2 N–H and O–H groups in total. The van der Waals surface area contributed by atoms with Gasteiger partial charge in [-0.1, -0.05) is 0 Å². The van der Waals surface area contributed by atoms with Crippen LogP contribution in [-0.2, 0) is 11.0 Å². The first-order valence-electron chi connectivity index (χ1n) is 5.40. The van der Waals surface area contributed by atoms with Crippen LogP contribution in [0, 0.1) is 12.3 Å². The van der Waals surface area contributed by atoms with E-state index in [1.165, 1.54) is 0 Å². The summed E-state index contributed by atoms with van der Waals surface area (Å²) in [6.07, 6.45) is 0.241. The summed E-state index contributed by atoms with van der Waals surface area (Å²) in [5, 5.41) is 10.9. The van der Waals surface area contributed by atoms with Gasteiger partial charge in [-0.25, -0.2) is 4.79 Å². The van der Waals surface area contributed by atoms with Gasteiger partial charge < -0.3 is 10.4 Å². The normalized spacial score (nSPS) is 12.3. The van der Waals surface area contributed by atoms with Crippen LogP contribution in [0.15, 0.2) is 24.3 Å². The Morgan fingerprint density at radius 3 is 2.25 bits per heavy atom. The van der Waals surface area contributed by atoms with E-state index in [9.17, 15) is 22.8 Å². The lowest BCUT2D eigenvalue weighted by Crippen LogP contribution is -2.40. The number of benzene rings is 1. The molecule has 0 aromatic heterocycles. The fourth-order valence-electron chi connectivity index (χ4n) is 1.37. The molecule has 7 heteroatoms. The zero-order valence-electron chi connectivity index (χ0n) is 10.1. The van der Waals surface area contributed by atoms with E-state index in [1.807, 2.05) is 0 Å². The Kier molecular flexibility index (Phi) is 4.75. The van der Waals surface area contributed by atoms with Gasteiger partial charge in [0.15, 0.2) is 0 Å². The lowest BCUT2D eigenvalue weighted by Gasteiger charge is -2.12. The number of hydrogen-bond donors (Lipinski definition) is 2. The number of amides is 1. The Morgan fingerprint density at radius 2 is 1.85 bits per heavy atom. The molecule has 0 spiro atoms. The molecule has 0 saturated heterocycles. The van der Waals surface area contributed by atoms with E-state index in [1.54, 1.807) is 0 Å². The summed E-state index contributed by atoms with van der Waals surface area (Å²) in [5.41, 5.74) is -0.978. The van der Waals surface area contributed by atoms with Crippen molar-refractivity contribution >= 4 is 11.9 Å². The van der Waals surface area contributed by atoms with Crippen LogP contribution in [0.3, 0.4) is 0 Å². The maximum atomic E-state index is 12.3. The minimum absolute atomic E-state index is 0.0822. The van der Waals surface area contributed by atoms with Gasteiger partial charge in [0.25, 0.3) is 5.91 Å². The Labute approximate surface area is 112 Å². The van der Waals surface area contributed by atoms with Crippen molar-refractivity contribution in [1.29, 1.82) is 0 Å². The third-order valence-corrected chi connectivity index (χ3v) is 2.40. The largest absolute Gasteiger partial charge is 0.480 e. The number of terminal acetylenes is 1. The molecule has 1 aromatic rings. The highest BCUT2D eigenvalue weighted by Crippen LogP contribution is 2.29. The van der Waals surface area contributed by atoms with Gasteiger partial charge in [0.1, 0.15) is 6.04 Å². The van der Waals surface area contributed by atoms with E-state index in [0.717, 1.165) is 24.3 Å². The quantitative estimate of drug-likeness (QED) is 0.830. The molecule has 106 valence electrons. The maximum Gasteiger partial charge on any atom is 0.416 e. The number of rotatable bonds is 4. The number of aliphatic carboxylic acids is 1. The number of hydrogen-bond acceptors (Lipinski definition) is 2. The fourth-order valence-corrected chi connectivity index (χ4v) is 1.37. The minimum atomic E-state index is -4.50. The highest BCUT2D eigenvalue weighted by Gasteiger charge is 2.30. The smallest absolute Gasteiger partial charge is 0.416 e. The van der Waals surface area contributed by atoms with E-state index in [0.29, 0.717) is 0 Å². The molecule has 0 fully saturated rings. The van der Waals surface area contributed by atoms with E-state index in [2.05, 4.69) is 11.2 Å². The molecule has 0 radical (unpaired) electrons. The Hall–Kier alpha value is -2.49. The summed E-state index contributed by atoms with van der Waals surface area (Å²) in [6.45, 7) is 0. The SMILES string of the molecule is C#CCC(NC(=O)c1ccc(C(F)(F)F)cc1)C(=O)O. The standard InChI is InChI=1S/C13H10F3NO3/c1-2-3-10(12(19)20)17-11(18)8-4-6-9(7-5-8)13(14,15)16/h1,4-7,10H,3H2,(H,17,18)(H,19,20). The zero-order valence-corrected chi connectivity index (χ0v) is 10.1. The van der Waals surface area contributed by atoms with Crippen LogP contribution in [0.1, 0.15) is 22.3 Å². The number of carbonyl (C=O) groups excluding carboxylic acids is 1. The van der Waals surface area contributed by atoms with Gasteiger partial charge in [0.05, 0.1) is 5.56 Å². The van der Waals surface area contributed by atoms with Gasteiger partial charge in [0.2, 0.25) is 0 Å². The number of carboxylic acid groups (broad SMARTS) is 1. The molecule has 0 aliphatic heterocycles. The van der Waals surface area contributed by atoms with Crippen molar-refractivity contribution in [3.63, 3.8) is 0 Å². The number of alkyl halides is 3. The van der Waals surface area contributed by atoms with E-state index >= 15 is 0 Å². The van der Waals surface area contributed by atoms with E-state index < -0.39 is 29.7 Å². The third-order valence-electron chi connectivity index (χ3n) is 2.40. The maximum absolute atomic E-state index is 12.3. The van der Waals surface area contributed by atoms with Crippen molar-refractivity contribution < 1.29 is 27.9 Å². The van der Waals surface area contributed by atoms with Crippen LogP contribution in [0.2, 0.25) is 0 Å². The second-order valence-corrected chi connectivity index (χ2v) is 3.85. The molecule has 0 aliphatic carbocycles. The van der Waals surface area contributed by atoms with Crippen LogP contribution in [0.5, 0.6) is 0 Å². The summed E-state index contributed by atoms with van der Waals surface area (Å²) in [6, 6.07) is 2.13. The van der Waals surface area contributed by atoms with Crippen LogP contribution in [0.4, 0.5) is 13.2 Å². The van der Waals surface area contributed by atoms with Gasteiger partial charge >= 0.3 is 12.1 Å². The fraction of sp³-hybridized carbons (Fsp3) is 0.231. The first-order valence-corrected chi connectivity index (χ1v) is 5.40. The van der Waals surface area contributed by atoms with E-state index in [-0.39, 0.29) is 12.0 Å². The minimum Gasteiger partial charge on any atom is -0.480 e. The first kappa shape index (κ1) is 15.6. The molecule has 0 saturated carbocycles. The molecule has 1 rings (SSSR count). The summed E-state index contributed by atoms with van der Waals surface area (Å²) in [4.78, 5) is 22.5. The monoisotopic (exact) mass is 285 g/mol. The van der Waals surface area contributed by atoms with Crippen molar-refractivity contribution in [3.8, 4) is 12.3 Å². The summed E-state index contributed by atoms with van der Waals surface area (Å²) in [5.74, 6) is -0.0301. The van der Waals surface area contributed by atoms with Crippen molar-refractivity contribution in [1.82, 2.24) is 5.32 Å². The van der Waals surface area contributed by atoms with E-state index in [4.69, 9.17) is 11.5 Å². The molecule has 0 bridgehead atoms. The van der Waals surface area contributed by atoms with Crippen LogP contribution >= 0.6 is 0 Å². The lowest BCUT2D eigenvalue weighted by molar-refractivity contribution is -0.139. The third kappa shape index (κ3) is 4.02. The van der Waals surface area contributed by atoms with Crippen molar-refractivity contribution in [2.75, 3.05) is 0 Å². The lowest BCUT2D eigenvalue weighted by atomic mass is 10.1. The summed E-state index contributed by atoms with van der Waals surface area (Å²) < 4.78 is 37.0. The van der Waals surface area contributed by atoms with Gasteiger partial charge in [0, 0.05) is 12.0 Å². The van der Waals surface area contributed by atoms with Gasteiger partial charge in [-0.3, -0.25) is 4.79 Å². The molecule has 1 unspecified atom stereocenters. The average molecular weight is 285 g/mol. The van der Waals surface area contributed by atoms with Crippen molar-refractivity contribution in [2.24, 2.45) is 0 Å². The predicted octanol–water partition coefficient (Wildman–Crippen LogP) is 1.91. The molecule has 20 heavy (non-hydrogen) atoms. The predicted molar refractivity (Wildman–Crippen MR) is 63.8 cm³/mol. The highest BCUT2D eigenvalue weighted by molar-refractivity contribution is 5.96. The van der Waals surface area contributed by atoms with Crippen molar-refractivity contribution in [2.45, 2.75) is 18.6 Å². The van der Waals surface area contributed by atoms with Gasteiger partial charge in [-0.15, -0.1) is 12.3 Å². The Morgan fingerprint density at radius 1 is 1.30 bits per heavy atom. The van der Waals surface area contributed by atoms with Gasteiger partial charge in [-0.2, -0.15) is 13.2 Å². The molecule has 0 heterocycles. The molecule has 0 aliphatic rings. The summed E-state index contributed by atoms with van der Waals surface area (Å²) in [7, 11) is 0. The number of carbonyl (C=O) groups is 2. The molecule has 1 atom stereocenters. The number of carboxylic acids is 1. The number of halogens is 3. The highest BCUT2D eigenvalue weighted by atomic mass is 19.4. The molecular formula is C13H10F3NO3. The van der Waals surface area contributed by atoms with Crippen LogP contribution in [0.25, 0.3) is 0 Å².